The van der Waals surface area contributed by atoms with E-state index in [-0.39, 0.29) is 17.2 Å². The number of benzene rings is 1. The van der Waals surface area contributed by atoms with Crippen molar-refractivity contribution in [2.24, 2.45) is 0 Å². The highest BCUT2D eigenvalue weighted by Crippen LogP contribution is 2.34. The first-order valence-corrected chi connectivity index (χ1v) is 7.68. The number of hydrogen-bond donors (Lipinski definition) is 2. The van der Waals surface area contributed by atoms with Crippen molar-refractivity contribution < 1.29 is 14.3 Å². The molecule has 23 heavy (non-hydrogen) atoms. The lowest BCUT2D eigenvalue weighted by atomic mass is 10.1. The highest BCUT2D eigenvalue weighted by Gasteiger charge is 2.13. The van der Waals surface area contributed by atoms with Gasteiger partial charge in [0.1, 0.15) is 5.69 Å². The highest BCUT2D eigenvalue weighted by molar-refractivity contribution is 5.95. The van der Waals surface area contributed by atoms with E-state index in [1.165, 1.54) is 7.11 Å². The Morgan fingerprint density at radius 1 is 1.22 bits per heavy atom. The number of H-pyrrole nitrogens is 1. The average Bonchev–Trinajstić information content (AvgIpc) is 2.54. The van der Waals surface area contributed by atoms with E-state index in [4.69, 9.17) is 9.47 Å². The lowest BCUT2D eigenvalue weighted by molar-refractivity contribution is -0.116. The summed E-state index contributed by atoms with van der Waals surface area (Å²) in [5.74, 6) is 0.917. The first-order valence-electron chi connectivity index (χ1n) is 7.68. The molecule has 6 nitrogen and oxygen atoms in total. The van der Waals surface area contributed by atoms with E-state index < -0.39 is 0 Å². The minimum absolute atomic E-state index is 0.162. The summed E-state index contributed by atoms with van der Waals surface area (Å²) in [6, 6.07) is 5.08. The second-order valence-electron chi connectivity index (χ2n) is 5.28. The van der Waals surface area contributed by atoms with E-state index >= 15 is 0 Å². The quantitative estimate of drug-likeness (QED) is 0.769. The fourth-order valence-corrected chi connectivity index (χ4v) is 2.44. The molecule has 0 saturated carbocycles. The molecule has 0 aliphatic carbocycles. The topological polar surface area (TPSA) is 80.4 Å². The van der Waals surface area contributed by atoms with Crippen LogP contribution in [-0.4, -0.2) is 25.1 Å². The van der Waals surface area contributed by atoms with Crippen LogP contribution < -0.4 is 20.3 Å². The van der Waals surface area contributed by atoms with Gasteiger partial charge in [0.05, 0.1) is 19.7 Å². The standard InChI is InChI=1S/C17H22N2O4/c1-4-5-6-7-15(20)18-13-10-11-12(19-17(13)21)8-9-14(22-2)16(11)23-3/h8-10H,4-7H2,1-3H3,(H,18,20)(H,19,21). The van der Waals surface area contributed by atoms with Crippen molar-refractivity contribution in [3.05, 3.63) is 28.6 Å². The van der Waals surface area contributed by atoms with E-state index in [0.717, 1.165) is 19.3 Å². The summed E-state index contributed by atoms with van der Waals surface area (Å²) in [6.45, 7) is 2.08. The molecule has 0 spiro atoms. The maximum Gasteiger partial charge on any atom is 0.272 e. The number of aromatic nitrogens is 1. The van der Waals surface area contributed by atoms with Crippen molar-refractivity contribution in [3.8, 4) is 11.5 Å². The van der Waals surface area contributed by atoms with Crippen molar-refractivity contribution in [2.45, 2.75) is 32.6 Å². The van der Waals surface area contributed by atoms with Gasteiger partial charge in [-0.1, -0.05) is 19.8 Å². The van der Waals surface area contributed by atoms with Gasteiger partial charge in [0.15, 0.2) is 11.5 Å². The molecule has 1 aromatic carbocycles. The van der Waals surface area contributed by atoms with E-state index in [1.54, 1.807) is 25.3 Å². The van der Waals surface area contributed by atoms with Crippen molar-refractivity contribution in [1.82, 2.24) is 4.98 Å². The third-order valence-electron chi connectivity index (χ3n) is 3.65. The van der Waals surface area contributed by atoms with Crippen molar-refractivity contribution in [3.63, 3.8) is 0 Å². The van der Waals surface area contributed by atoms with E-state index in [1.807, 2.05) is 0 Å². The number of carbonyl (C=O) groups excluding carboxylic acids is 1. The van der Waals surface area contributed by atoms with Crippen LogP contribution in [0.4, 0.5) is 5.69 Å². The van der Waals surface area contributed by atoms with Gasteiger partial charge in [-0.2, -0.15) is 0 Å². The number of aromatic amines is 1. The maximum atomic E-state index is 12.1. The molecule has 0 aliphatic heterocycles. The minimum Gasteiger partial charge on any atom is -0.493 e. The van der Waals surface area contributed by atoms with Crippen LogP contribution >= 0.6 is 0 Å². The molecule has 0 fully saturated rings. The number of carbonyl (C=O) groups is 1. The summed E-state index contributed by atoms with van der Waals surface area (Å²) in [6.07, 6.45) is 3.25. The first-order chi connectivity index (χ1) is 11.1. The Labute approximate surface area is 134 Å². The molecule has 0 atom stereocenters. The Hall–Kier alpha value is -2.50. The summed E-state index contributed by atoms with van der Waals surface area (Å²) < 4.78 is 10.6. The molecule has 2 aromatic rings. The van der Waals surface area contributed by atoms with E-state index in [9.17, 15) is 9.59 Å². The SMILES string of the molecule is CCCCCC(=O)Nc1cc2c(OC)c(OC)ccc2[nH]c1=O. The summed E-state index contributed by atoms with van der Waals surface area (Å²) in [5.41, 5.74) is 0.496. The average molecular weight is 318 g/mol. The maximum absolute atomic E-state index is 12.1. The lowest BCUT2D eigenvalue weighted by Crippen LogP contribution is -2.19. The fraction of sp³-hybridized carbons (Fsp3) is 0.412. The van der Waals surface area contributed by atoms with Crippen LogP contribution in [0.3, 0.4) is 0 Å². The number of rotatable bonds is 7. The molecule has 0 unspecified atom stereocenters. The summed E-state index contributed by atoms with van der Waals surface area (Å²) in [4.78, 5) is 26.8. The third kappa shape index (κ3) is 3.83. The monoisotopic (exact) mass is 318 g/mol. The smallest absolute Gasteiger partial charge is 0.272 e. The highest BCUT2D eigenvalue weighted by atomic mass is 16.5. The number of nitrogens with one attached hydrogen (secondary N) is 2. The molecular weight excluding hydrogens is 296 g/mol. The van der Waals surface area contributed by atoms with Gasteiger partial charge in [-0.05, 0) is 24.6 Å². The number of hydrogen-bond acceptors (Lipinski definition) is 4. The molecule has 0 radical (unpaired) electrons. The molecular formula is C17H22N2O4. The molecule has 124 valence electrons. The van der Waals surface area contributed by atoms with Gasteiger partial charge < -0.3 is 19.8 Å². The van der Waals surface area contributed by atoms with Crippen molar-refractivity contribution in [1.29, 1.82) is 0 Å². The number of pyridine rings is 1. The van der Waals surface area contributed by atoms with E-state index in [0.29, 0.717) is 28.8 Å². The number of unbranched alkanes of at least 4 members (excludes halogenated alkanes) is 2. The zero-order valence-electron chi connectivity index (χ0n) is 13.7. The Morgan fingerprint density at radius 3 is 2.65 bits per heavy atom. The largest absolute Gasteiger partial charge is 0.493 e. The van der Waals surface area contributed by atoms with Crippen LogP contribution in [0.15, 0.2) is 23.0 Å². The number of fused-ring (bicyclic) bond motifs is 1. The normalized spacial score (nSPS) is 10.6. The van der Waals surface area contributed by atoms with Gasteiger partial charge in [-0.25, -0.2) is 0 Å². The molecule has 0 bridgehead atoms. The van der Waals surface area contributed by atoms with Crippen LogP contribution in [-0.2, 0) is 4.79 Å². The van der Waals surface area contributed by atoms with Gasteiger partial charge in [-0.3, -0.25) is 9.59 Å². The predicted molar refractivity (Wildman–Crippen MR) is 90.4 cm³/mol. The third-order valence-corrected chi connectivity index (χ3v) is 3.65. The Morgan fingerprint density at radius 2 is 2.00 bits per heavy atom. The summed E-state index contributed by atoms with van der Waals surface area (Å²) in [7, 11) is 3.08. The summed E-state index contributed by atoms with van der Waals surface area (Å²) >= 11 is 0. The molecule has 1 aromatic heterocycles. The van der Waals surface area contributed by atoms with E-state index in [2.05, 4.69) is 17.2 Å². The second-order valence-corrected chi connectivity index (χ2v) is 5.28. The van der Waals surface area contributed by atoms with Gasteiger partial charge in [-0.15, -0.1) is 0 Å². The number of ether oxygens (including phenoxy) is 2. The van der Waals surface area contributed by atoms with Gasteiger partial charge in [0.25, 0.3) is 5.56 Å². The van der Waals surface area contributed by atoms with Gasteiger partial charge >= 0.3 is 0 Å². The number of anilines is 1. The predicted octanol–water partition coefficient (Wildman–Crippen LogP) is 3.06. The first kappa shape index (κ1) is 16.9. The molecule has 1 amide bonds. The Kier molecular flexibility index (Phi) is 5.62. The molecule has 0 saturated heterocycles. The molecule has 6 heteroatoms. The van der Waals surface area contributed by atoms with Gasteiger partial charge in [0, 0.05) is 11.8 Å². The number of amides is 1. The summed E-state index contributed by atoms with van der Waals surface area (Å²) in [5, 5.41) is 3.35. The Bertz CT molecular complexity index is 752. The minimum atomic E-state index is -0.339. The molecule has 2 N–H and O–H groups in total. The van der Waals surface area contributed by atoms with Crippen LogP contribution in [0.1, 0.15) is 32.6 Å². The Balaban J connectivity index is 2.35. The molecule has 0 aliphatic rings. The molecule has 1 heterocycles. The van der Waals surface area contributed by atoms with Crippen LogP contribution in [0.2, 0.25) is 0 Å². The van der Waals surface area contributed by atoms with Crippen LogP contribution in [0, 0.1) is 0 Å². The van der Waals surface area contributed by atoms with Crippen LogP contribution in [0.5, 0.6) is 11.5 Å². The van der Waals surface area contributed by atoms with Crippen molar-refractivity contribution in [2.75, 3.05) is 19.5 Å². The van der Waals surface area contributed by atoms with Crippen LogP contribution in [0.25, 0.3) is 10.9 Å². The lowest BCUT2D eigenvalue weighted by Gasteiger charge is -2.12. The zero-order chi connectivity index (χ0) is 16.8. The molecule has 2 rings (SSSR count). The van der Waals surface area contributed by atoms with Crippen molar-refractivity contribution >= 4 is 22.5 Å². The zero-order valence-corrected chi connectivity index (χ0v) is 13.7. The van der Waals surface area contributed by atoms with Gasteiger partial charge in [0.2, 0.25) is 5.91 Å². The second kappa shape index (κ2) is 7.67. The fourth-order valence-electron chi connectivity index (χ4n) is 2.44. The number of methoxy groups -OCH3 is 2.